The molecular weight excluding hydrogens is 446 g/mol. The first-order valence-electron chi connectivity index (χ1n) is 11.6. The summed E-state index contributed by atoms with van der Waals surface area (Å²) in [4.78, 5) is 33.1. The van der Waals surface area contributed by atoms with Gasteiger partial charge < -0.3 is 15.0 Å². The summed E-state index contributed by atoms with van der Waals surface area (Å²) in [5.74, 6) is -0.400. The van der Waals surface area contributed by atoms with Crippen molar-refractivity contribution in [3.63, 3.8) is 0 Å². The molecule has 2 aromatic carbocycles. The summed E-state index contributed by atoms with van der Waals surface area (Å²) in [6.07, 6.45) is 2.32. The number of nitrogens with zero attached hydrogens (tertiary/aromatic N) is 2. The molecule has 1 atom stereocenters. The number of hydrogen-bond acceptors (Lipinski definition) is 6. The number of amides is 1. The van der Waals surface area contributed by atoms with E-state index in [0.29, 0.717) is 17.3 Å². The highest BCUT2D eigenvalue weighted by Gasteiger charge is 2.42. The average Bonchev–Trinajstić information content (AvgIpc) is 3.56. The molecule has 7 heteroatoms. The summed E-state index contributed by atoms with van der Waals surface area (Å²) >= 11 is 1.49. The molecule has 1 fully saturated rings. The molecule has 0 bridgehead atoms. The normalized spacial score (nSPS) is 19.4. The number of carbonyl (C=O) groups is 2. The fraction of sp³-hybridized carbons (Fsp3) is 0.296. The van der Waals surface area contributed by atoms with Crippen molar-refractivity contribution >= 4 is 34.5 Å². The smallest absolute Gasteiger partial charge is 0.338 e. The van der Waals surface area contributed by atoms with Gasteiger partial charge in [0.2, 0.25) is 5.91 Å². The summed E-state index contributed by atoms with van der Waals surface area (Å²) in [5.41, 5.74) is 4.84. The predicted octanol–water partition coefficient (Wildman–Crippen LogP) is 4.94. The minimum atomic E-state index is -0.448. The van der Waals surface area contributed by atoms with Crippen molar-refractivity contribution in [2.45, 2.75) is 45.2 Å². The Morgan fingerprint density at radius 3 is 2.65 bits per heavy atom. The van der Waals surface area contributed by atoms with E-state index in [1.54, 1.807) is 6.92 Å². The third-order valence-electron chi connectivity index (χ3n) is 5.99. The van der Waals surface area contributed by atoms with Gasteiger partial charge in [-0.05, 0) is 37.7 Å². The van der Waals surface area contributed by atoms with E-state index in [-0.39, 0.29) is 18.9 Å². The first-order chi connectivity index (χ1) is 16.5. The van der Waals surface area contributed by atoms with Crippen LogP contribution in [0.3, 0.4) is 0 Å². The lowest BCUT2D eigenvalue weighted by Gasteiger charge is -2.37. The fourth-order valence-electron chi connectivity index (χ4n) is 4.31. The van der Waals surface area contributed by atoms with Crippen molar-refractivity contribution in [2.24, 2.45) is 4.99 Å². The second kappa shape index (κ2) is 9.50. The van der Waals surface area contributed by atoms with Gasteiger partial charge in [-0.25, -0.2) is 9.79 Å². The maximum Gasteiger partial charge on any atom is 0.338 e. The van der Waals surface area contributed by atoms with E-state index in [9.17, 15) is 9.59 Å². The number of rotatable bonds is 7. The Labute approximate surface area is 203 Å². The van der Waals surface area contributed by atoms with Crippen molar-refractivity contribution in [3.8, 4) is 0 Å². The Bertz CT molecular complexity index is 1210. The number of esters is 1. The zero-order chi connectivity index (χ0) is 23.7. The van der Waals surface area contributed by atoms with Gasteiger partial charge >= 0.3 is 5.97 Å². The van der Waals surface area contributed by atoms with Crippen LogP contribution in [0, 0.1) is 6.92 Å². The number of benzene rings is 2. The number of carbonyl (C=O) groups excluding carboxylic acids is 2. The molecule has 1 saturated carbocycles. The van der Waals surface area contributed by atoms with Crippen LogP contribution in [-0.4, -0.2) is 34.6 Å². The zero-order valence-electron chi connectivity index (χ0n) is 19.3. The van der Waals surface area contributed by atoms with Crippen LogP contribution in [0.1, 0.15) is 48.9 Å². The summed E-state index contributed by atoms with van der Waals surface area (Å²) < 4.78 is 5.54. The maximum atomic E-state index is 13.4. The van der Waals surface area contributed by atoms with Crippen molar-refractivity contribution < 1.29 is 14.3 Å². The van der Waals surface area contributed by atoms with Gasteiger partial charge in [0.1, 0.15) is 0 Å². The summed E-state index contributed by atoms with van der Waals surface area (Å²) in [5, 5.41) is 5.80. The molecule has 0 aromatic heterocycles. The molecule has 0 unspecified atom stereocenters. The highest BCUT2D eigenvalue weighted by atomic mass is 32.2. The van der Waals surface area contributed by atoms with Crippen LogP contribution in [0.5, 0.6) is 0 Å². The minimum absolute atomic E-state index is 0.00545. The first-order valence-corrected chi connectivity index (χ1v) is 12.5. The van der Waals surface area contributed by atoms with Crippen LogP contribution in [0.4, 0.5) is 0 Å². The molecule has 2 aliphatic heterocycles. The Balaban J connectivity index is 1.63. The van der Waals surface area contributed by atoms with Crippen LogP contribution in [0.15, 0.2) is 76.3 Å². The fourth-order valence-corrected chi connectivity index (χ4v) is 5.23. The number of fused-ring (bicyclic) bond motifs is 1. The third kappa shape index (κ3) is 4.53. The van der Waals surface area contributed by atoms with Crippen LogP contribution in [0.25, 0.3) is 5.70 Å². The van der Waals surface area contributed by atoms with Crippen LogP contribution in [0.2, 0.25) is 0 Å². The number of aliphatic imine (C=N–C) groups is 1. The van der Waals surface area contributed by atoms with Gasteiger partial charge in [-0.2, -0.15) is 0 Å². The van der Waals surface area contributed by atoms with Crippen LogP contribution >= 0.6 is 11.8 Å². The summed E-state index contributed by atoms with van der Waals surface area (Å²) in [6.45, 7) is 4.10. The van der Waals surface area contributed by atoms with Crippen molar-refractivity contribution in [1.82, 2.24) is 10.2 Å². The van der Waals surface area contributed by atoms with E-state index in [1.165, 1.54) is 11.8 Å². The highest BCUT2D eigenvalue weighted by molar-refractivity contribution is 8.16. The van der Waals surface area contributed by atoms with E-state index in [2.05, 4.69) is 11.4 Å². The van der Waals surface area contributed by atoms with E-state index in [4.69, 9.17) is 9.73 Å². The molecule has 0 saturated heterocycles. The third-order valence-corrected chi connectivity index (χ3v) is 6.88. The highest BCUT2D eigenvalue weighted by Crippen LogP contribution is 2.47. The Morgan fingerprint density at radius 2 is 1.94 bits per heavy atom. The summed E-state index contributed by atoms with van der Waals surface area (Å²) in [7, 11) is 0. The lowest BCUT2D eigenvalue weighted by atomic mass is 9.90. The molecule has 2 heterocycles. The van der Waals surface area contributed by atoms with E-state index < -0.39 is 12.0 Å². The standard InChI is InChI=1S/C27H27N3O3S/c1-3-33-26(32)23-24(18-9-5-4-6-10-18)29-27-30(25(23)19-11-7-8-17(2)14-19)21(16-34-27)15-22(31)28-20-12-13-20/h4-11,14,16,20,25H,3,12-13,15H2,1-2H3,(H,28,31)/t25-/m0/s1. The van der Waals surface area contributed by atoms with E-state index in [1.807, 2.05) is 65.8 Å². The number of aryl methyl sites for hydroxylation is 1. The number of amidine groups is 1. The van der Waals surface area contributed by atoms with Crippen molar-refractivity contribution in [2.75, 3.05) is 6.61 Å². The molecule has 3 aliphatic rings. The molecule has 6 nitrogen and oxygen atoms in total. The minimum Gasteiger partial charge on any atom is -0.463 e. The van der Waals surface area contributed by atoms with Gasteiger partial charge in [-0.1, -0.05) is 71.9 Å². The molecule has 0 spiro atoms. The molecule has 174 valence electrons. The molecule has 34 heavy (non-hydrogen) atoms. The van der Waals surface area contributed by atoms with E-state index in [0.717, 1.165) is 40.4 Å². The SMILES string of the molecule is CCOC(=O)C1=C(c2ccccc2)N=C2SC=C(CC(=O)NC3CC3)N2[C@H]1c1cccc(C)c1. The number of ether oxygens (including phenoxy) is 1. The van der Waals surface area contributed by atoms with Gasteiger partial charge in [0, 0.05) is 17.3 Å². The second-order valence-electron chi connectivity index (χ2n) is 8.68. The second-order valence-corrected chi connectivity index (χ2v) is 9.51. The Hall–Kier alpha value is -3.32. The number of nitrogens with one attached hydrogen (secondary N) is 1. The monoisotopic (exact) mass is 473 g/mol. The quantitative estimate of drug-likeness (QED) is 0.577. The molecule has 5 rings (SSSR count). The Kier molecular flexibility index (Phi) is 6.28. The zero-order valence-corrected chi connectivity index (χ0v) is 20.1. The first kappa shape index (κ1) is 22.5. The Morgan fingerprint density at radius 1 is 1.15 bits per heavy atom. The average molecular weight is 474 g/mol. The van der Waals surface area contributed by atoms with Crippen molar-refractivity contribution in [3.05, 3.63) is 88.0 Å². The lowest BCUT2D eigenvalue weighted by molar-refractivity contribution is -0.139. The predicted molar refractivity (Wildman–Crippen MR) is 135 cm³/mol. The molecular formula is C27H27N3O3S. The number of thioether (sulfide) groups is 1. The molecule has 1 N–H and O–H groups in total. The van der Waals surface area contributed by atoms with Gasteiger partial charge in [-0.15, -0.1) is 0 Å². The molecule has 2 aromatic rings. The lowest BCUT2D eigenvalue weighted by Crippen LogP contribution is -2.38. The molecule has 0 radical (unpaired) electrons. The molecule has 1 aliphatic carbocycles. The van der Waals surface area contributed by atoms with Gasteiger partial charge in [0.05, 0.1) is 30.3 Å². The number of hydrogen-bond donors (Lipinski definition) is 1. The molecule has 1 amide bonds. The van der Waals surface area contributed by atoms with Gasteiger partial charge in [0.15, 0.2) is 5.17 Å². The van der Waals surface area contributed by atoms with Gasteiger partial charge in [0.25, 0.3) is 0 Å². The van der Waals surface area contributed by atoms with Gasteiger partial charge in [-0.3, -0.25) is 4.79 Å². The maximum absolute atomic E-state index is 13.4. The summed E-state index contributed by atoms with van der Waals surface area (Å²) in [6, 6.07) is 17.7. The van der Waals surface area contributed by atoms with E-state index >= 15 is 0 Å². The topological polar surface area (TPSA) is 71.0 Å². The van der Waals surface area contributed by atoms with Crippen LogP contribution in [-0.2, 0) is 14.3 Å². The van der Waals surface area contributed by atoms with Crippen molar-refractivity contribution in [1.29, 1.82) is 0 Å². The van der Waals surface area contributed by atoms with Crippen LogP contribution < -0.4 is 5.32 Å². The largest absolute Gasteiger partial charge is 0.463 e.